The van der Waals surface area contributed by atoms with Crippen LogP contribution in [0, 0.1) is 6.92 Å². The molecule has 0 aromatic heterocycles. The van der Waals surface area contributed by atoms with E-state index in [1.54, 1.807) is 25.2 Å². The summed E-state index contributed by atoms with van der Waals surface area (Å²) in [5.41, 5.74) is 2.02. The fraction of sp³-hybridized carbons (Fsp3) is 0.409. The van der Waals surface area contributed by atoms with E-state index in [0.29, 0.717) is 32.3 Å². The lowest BCUT2D eigenvalue weighted by atomic mass is 10.2. The van der Waals surface area contributed by atoms with Crippen LogP contribution in [0.5, 0.6) is 5.75 Å². The second-order valence-corrected chi connectivity index (χ2v) is 8.79. The maximum atomic E-state index is 12.4. The van der Waals surface area contributed by atoms with Gasteiger partial charge in [-0.05, 0) is 36.8 Å². The monoisotopic (exact) mass is 448 g/mol. The second-order valence-electron chi connectivity index (χ2n) is 7.02. The smallest absolute Gasteiger partial charge is 0.240 e. The van der Waals surface area contributed by atoms with Crippen LogP contribution >= 0.6 is 0 Å². The number of likely N-dealkylation sites (N-methyl/N-ethyl adjacent to an activating group) is 1. The van der Waals surface area contributed by atoms with Gasteiger partial charge in [0.05, 0.1) is 18.0 Å². The van der Waals surface area contributed by atoms with Gasteiger partial charge in [0.2, 0.25) is 10.0 Å². The average molecular weight is 449 g/mol. The predicted molar refractivity (Wildman–Crippen MR) is 123 cm³/mol. The summed E-state index contributed by atoms with van der Waals surface area (Å²) in [5.74, 6) is 1.53. The van der Waals surface area contributed by atoms with Gasteiger partial charge in [0.15, 0.2) is 5.96 Å². The number of aliphatic imine (C=N–C) groups is 1. The van der Waals surface area contributed by atoms with Gasteiger partial charge >= 0.3 is 0 Å². The van der Waals surface area contributed by atoms with Crippen LogP contribution < -0.4 is 14.8 Å². The molecule has 8 nitrogen and oxygen atoms in total. The Balaban J connectivity index is 1.87. The molecule has 2 rings (SSSR count). The number of nitrogens with one attached hydrogen (secondary N) is 2. The third-order valence-electron chi connectivity index (χ3n) is 4.55. The van der Waals surface area contributed by atoms with E-state index in [1.165, 1.54) is 12.7 Å². The lowest BCUT2D eigenvalue weighted by Gasteiger charge is -2.22. The topological polar surface area (TPSA) is 92.3 Å². The highest BCUT2D eigenvalue weighted by atomic mass is 32.2. The Labute approximate surface area is 185 Å². The van der Waals surface area contributed by atoms with E-state index in [1.807, 2.05) is 49.2 Å². The molecule has 0 bridgehead atoms. The SMILES string of the molecule is CN=C(NCc1cccc(S(=O)(=O)NCCOC)c1)N(C)CCOc1ccc(C)cc1. The Hall–Kier alpha value is -2.62. The summed E-state index contributed by atoms with van der Waals surface area (Å²) in [4.78, 5) is 6.47. The molecule has 0 atom stereocenters. The van der Waals surface area contributed by atoms with Crippen molar-refractivity contribution < 1.29 is 17.9 Å². The van der Waals surface area contributed by atoms with Crippen LogP contribution in [0.4, 0.5) is 0 Å². The molecule has 0 aliphatic carbocycles. The third kappa shape index (κ3) is 8.20. The van der Waals surface area contributed by atoms with Crippen molar-refractivity contribution in [1.82, 2.24) is 14.9 Å². The number of nitrogens with zero attached hydrogens (tertiary/aromatic N) is 2. The van der Waals surface area contributed by atoms with Crippen LogP contribution in [0.25, 0.3) is 0 Å². The van der Waals surface area contributed by atoms with Crippen molar-refractivity contribution in [3.8, 4) is 5.75 Å². The van der Waals surface area contributed by atoms with E-state index in [0.717, 1.165) is 11.3 Å². The first kappa shape index (κ1) is 24.6. The fourth-order valence-electron chi connectivity index (χ4n) is 2.79. The quantitative estimate of drug-likeness (QED) is 0.310. The molecule has 170 valence electrons. The van der Waals surface area contributed by atoms with Crippen molar-refractivity contribution in [2.75, 3.05) is 47.5 Å². The van der Waals surface area contributed by atoms with Gasteiger partial charge in [-0.3, -0.25) is 4.99 Å². The molecule has 0 radical (unpaired) electrons. The standard InChI is InChI=1S/C22H32N4O4S/c1-18-8-10-20(11-9-18)30-15-13-26(3)22(23-2)24-17-19-6-5-7-21(16-19)31(27,28)25-12-14-29-4/h5-11,16,25H,12-15,17H2,1-4H3,(H,23,24). The first-order valence-corrected chi connectivity index (χ1v) is 11.5. The van der Waals surface area contributed by atoms with Gasteiger partial charge in [-0.1, -0.05) is 29.8 Å². The number of sulfonamides is 1. The Morgan fingerprint density at radius 1 is 1.13 bits per heavy atom. The predicted octanol–water partition coefficient (Wildman–Crippen LogP) is 2.01. The molecule has 0 aliphatic rings. The maximum absolute atomic E-state index is 12.4. The van der Waals surface area contributed by atoms with Gasteiger partial charge in [0.25, 0.3) is 0 Å². The molecule has 0 aliphatic heterocycles. The second kappa shape index (κ2) is 12.3. The molecule has 0 spiro atoms. The normalized spacial score (nSPS) is 11.9. The van der Waals surface area contributed by atoms with Crippen LogP contribution in [-0.4, -0.2) is 66.8 Å². The van der Waals surface area contributed by atoms with E-state index in [4.69, 9.17) is 9.47 Å². The molecule has 0 saturated heterocycles. The summed E-state index contributed by atoms with van der Waals surface area (Å²) in [6.07, 6.45) is 0. The highest BCUT2D eigenvalue weighted by Crippen LogP contribution is 2.12. The van der Waals surface area contributed by atoms with Crippen molar-refractivity contribution in [1.29, 1.82) is 0 Å². The number of aryl methyl sites for hydroxylation is 1. The number of guanidine groups is 1. The molecule has 9 heteroatoms. The zero-order valence-electron chi connectivity index (χ0n) is 18.6. The Bertz CT molecular complexity index is 946. The zero-order chi connectivity index (χ0) is 22.7. The molecule has 31 heavy (non-hydrogen) atoms. The molecule has 2 aromatic carbocycles. The van der Waals surface area contributed by atoms with E-state index in [-0.39, 0.29) is 11.4 Å². The van der Waals surface area contributed by atoms with E-state index < -0.39 is 10.0 Å². The number of hydrogen-bond donors (Lipinski definition) is 2. The number of ether oxygens (including phenoxy) is 2. The highest BCUT2D eigenvalue weighted by molar-refractivity contribution is 7.89. The Kier molecular flexibility index (Phi) is 9.77. The lowest BCUT2D eigenvalue weighted by molar-refractivity contribution is 0.204. The molecular formula is C22H32N4O4S. The number of benzene rings is 2. The van der Waals surface area contributed by atoms with Gasteiger partial charge in [-0.2, -0.15) is 0 Å². The zero-order valence-corrected chi connectivity index (χ0v) is 19.4. The van der Waals surface area contributed by atoms with Gasteiger partial charge < -0.3 is 19.7 Å². The van der Waals surface area contributed by atoms with Crippen molar-refractivity contribution >= 4 is 16.0 Å². The maximum Gasteiger partial charge on any atom is 0.240 e. The van der Waals surface area contributed by atoms with Crippen molar-refractivity contribution in [2.24, 2.45) is 4.99 Å². The van der Waals surface area contributed by atoms with Gasteiger partial charge in [0, 0.05) is 34.3 Å². The Morgan fingerprint density at radius 2 is 1.87 bits per heavy atom. The molecule has 0 amide bonds. The van der Waals surface area contributed by atoms with Crippen LogP contribution in [0.1, 0.15) is 11.1 Å². The Morgan fingerprint density at radius 3 is 2.55 bits per heavy atom. The van der Waals surface area contributed by atoms with Crippen LogP contribution in [-0.2, 0) is 21.3 Å². The average Bonchev–Trinajstić information content (AvgIpc) is 2.76. The summed E-state index contributed by atoms with van der Waals surface area (Å²) < 4.78 is 37.9. The van der Waals surface area contributed by atoms with Crippen molar-refractivity contribution in [3.63, 3.8) is 0 Å². The van der Waals surface area contributed by atoms with E-state index >= 15 is 0 Å². The summed E-state index contributed by atoms with van der Waals surface area (Å²) in [6, 6.07) is 14.7. The van der Waals surface area contributed by atoms with E-state index in [2.05, 4.69) is 15.0 Å². The van der Waals surface area contributed by atoms with Crippen LogP contribution in [0.15, 0.2) is 58.4 Å². The molecule has 0 heterocycles. The minimum Gasteiger partial charge on any atom is -0.492 e. The fourth-order valence-corrected chi connectivity index (χ4v) is 3.87. The third-order valence-corrected chi connectivity index (χ3v) is 6.01. The van der Waals surface area contributed by atoms with Crippen LogP contribution in [0.2, 0.25) is 0 Å². The summed E-state index contributed by atoms with van der Waals surface area (Å²) in [7, 11) is 1.59. The first-order chi connectivity index (χ1) is 14.9. The van der Waals surface area contributed by atoms with Gasteiger partial charge in [0.1, 0.15) is 12.4 Å². The number of rotatable bonds is 11. The molecule has 0 fully saturated rings. The van der Waals surface area contributed by atoms with Gasteiger partial charge in [-0.25, -0.2) is 13.1 Å². The van der Waals surface area contributed by atoms with Crippen LogP contribution in [0.3, 0.4) is 0 Å². The lowest BCUT2D eigenvalue weighted by Crippen LogP contribution is -2.40. The molecule has 0 unspecified atom stereocenters. The molecule has 2 aromatic rings. The number of methoxy groups -OCH3 is 1. The largest absolute Gasteiger partial charge is 0.492 e. The summed E-state index contributed by atoms with van der Waals surface area (Å²) in [5, 5.41) is 3.26. The molecule has 0 saturated carbocycles. The molecular weight excluding hydrogens is 416 g/mol. The van der Waals surface area contributed by atoms with Crippen molar-refractivity contribution in [3.05, 3.63) is 59.7 Å². The molecule has 2 N–H and O–H groups in total. The van der Waals surface area contributed by atoms with E-state index in [9.17, 15) is 8.42 Å². The minimum absolute atomic E-state index is 0.220. The summed E-state index contributed by atoms with van der Waals surface area (Å²) in [6.45, 7) is 4.18. The number of hydrogen-bond acceptors (Lipinski definition) is 5. The van der Waals surface area contributed by atoms with Gasteiger partial charge in [-0.15, -0.1) is 0 Å². The summed E-state index contributed by atoms with van der Waals surface area (Å²) >= 11 is 0. The van der Waals surface area contributed by atoms with Crippen molar-refractivity contribution in [2.45, 2.75) is 18.4 Å². The first-order valence-electron chi connectivity index (χ1n) is 10.0. The highest BCUT2D eigenvalue weighted by Gasteiger charge is 2.14. The minimum atomic E-state index is -3.57.